The Bertz CT molecular complexity index is 1180. The fourth-order valence-corrected chi connectivity index (χ4v) is 3.76. The largest absolute Gasteiger partial charge is 0.481 e. The van der Waals surface area contributed by atoms with E-state index in [2.05, 4.69) is 26.3 Å². The van der Waals surface area contributed by atoms with E-state index in [-0.39, 0.29) is 29.6 Å². The quantitative estimate of drug-likeness (QED) is 0.289. The number of anilines is 2. The lowest BCUT2D eigenvalue weighted by molar-refractivity contribution is -0.137. The maximum atomic E-state index is 12.5. The summed E-state index contributed by atoms with van der Waals surface area (Å²) in [6.45, 7) is 2.04. The highest BCUT2D eigenvalue weighted by Gasteiger charge is 2.18. The second-order valence-electron chi connectivity index (χ2n) is 7.48. The topological polar surface area (TPSA) is 150 Å². The van der Waals surface area contributed by atoms with Gasteiger partial charge in [0.1, 0.15) is 5.69 Å². The SMILES string of the molecule is CCC(=O)NC(CC(=O)O)c1ccc(NC(=O)c2csc(NC(=O)NCc3ccccc3)n2)cc1. The molecular weight excluding hydrogens is 470 g/mol. The van der Waals surface area contributed by atoms with Gasteiger partial charge in [-0.2, -0.15) is 0 Å². The van der Waals surface area contributed by atoms with Crippen LogP contribution < -0.4 is 21.3 Å². The molecule has 4 amide bonds. The van der Waals surface area contributed by atoms with Gasteiger partial charge in [0.15, 0.2) is 5.13 Å². The van der Waals surface area contributed by atoms with Crippen molar-refractivity contribution in [1.29, 1.82) is 0 Å². The Kier molecular flexibility index (Phi) is 8.90. The second-order valence-corrected chi connectivity index (χ2v) is 8.34. The number of hydrogen-bond acceptors (Lipinski definition) is 6. The molecule has 0 saturated carbocycles. The first-order valence-corrected chi connectivity index (χ1v) is 11.7. The summed E-state index contributed by atoms with van der Waals surface area (Å²) in [4.78, 5) is 51.6. The molecule has 5 N–H and O–H groups in total. The number of rotatable bonds is 10. The summed E-state index contributed by atoms with van der Waals surface area (Å²) < 4.78 is 0. The van der Waals surface area contributed by atoms with Crippen LogP contribution in [0.25, 0.3) is 0 Å². The molecule has 3 aromatic rings. The van der Waals surface area contributed by atoms with E-state index in [4.69, 9.17) is 5.11 Å². The van der Waals surface area contributed by atoms with Crippen molar-refractivity contribution in [2.75, 3.05) is 10.6 Å². The van der Waals surface area contributed by atoms with E-state index in [1.165, 1.54) is 5.38 Å². The zero-order valence-electron chi connectivity index (χ0n) is 18.9. The molecule has 2 aromatic carbocycles. The lowest BCUT2D eigenvalue weighted by atomic mass is 10.0. The van der Waals surface area contributed by atoms with Crippen LogP contribution in [0, 0.1) is 0 Å². The Labute approximate surface area is 205 Å². The first kappa shape index (κ1) is 25.4. The highest BCUT2D eigenvalue weighted by Crippen LogP contribution is 2.21. The van der Waals surface area contributed by atoms with Crippen molar-refractivity contribution in [3.63, 3.8) is 0 Å². The van der Waals surface area contributed by atoms with Gasteiger partial charge in [-0.05, 0) is 23.3 Å². The minimum atomic E-state index is -1.04. The molecule has 0 aliphatic heterocycles. The number of nitrogens with zero attached hydrogens (tertiary/aromatic N) is 1. The van der Waals surface area contributed by atoms with Gasteiger partial charge >= 0.3 is 12.0 Å². The third kappa shape index (κ3) is 7.93. The smallest absolute Gasteiger partial charge is 0.321 e. The van der Waals surface area contributed by atoms with Gasteiger partial charge in [0.05, 0.1) is 12.5 Å². The number of carbonyl (C=O) groups excluding carboxylic acids is 3. The molecule has 0 spiro atoms. The Balaban J connectivity index is 1.55. The normalized spacial score (nSPS) is 11.2. The molecule has 1 atom stereocenters. The maximum Gasteiger partial charge on any atom is 0.321 e. The minimum absolute atomic E-state index is 0.136. The number of benzene rings is 2. The predicted molar refractivity (Wildman–Crippen MR) is 132 cm³/mol. The van der Waals surface area contributed by atoms with Crippen LogP contribution in [0.2, 0.25) is 0 Å². The highest BCUT2D eigenvalue weighted by atomic mass is 32.1. The van der Waals surface area contributed by atoms with Crippen LogP contribution in [0.4, 0.5) is 15.6 Å². The van der Waals surface area contributed by atoms with Gasteiger partial charge in [-0.15, -0.1) is 11.3 Å². The van der Waals surface area contributed by atoms with E-state index in [1.807, 2.05) is 30.3 Å². The molecule has 0 fully saturated rings. The van der Waals surface area contributed by atoms with E-state index in [9.17, 15) is 19.2 Å². The molecule has 0 bridgehead atoms. The summed E-state index contributed by atoms with van der Waals surface area (Å²) >= 11 is 1.12. The molecule has 0 radical (unpaired) electrons. The van der Waals surface area contributed by atoms with Crippen LogP contribution in [0.5, 0.6) is 0 Å². The maximum absolute atomic E-state index is 12.5. The zero-order chi connectivity index (χ0) is 25.2. The van der Waals surface area contributed by atoms with Crippen LogP contribution in [-0.4, -0.2) is 33.9 Å². The number of carboxylic acids is 1. The minimum Gasteiger partial charge on any atom is -0.481 e. The van der Waals surface area contributed by atoms with Crippen molar-refractivity contribution < 1.29 is 24.3 Å². The molecule has 35 heavy (non-hydrogen) atoms. The molecule has 3 rings (SSSR count). The lowest BCUT2D eigenvalue weighted by Crippen LogP contribution is -2.29. The van der Waals surface area contributed by atoms with Crippen molar-refractivity contribution in [3.05, 3.63) is 76.8 Å². The van der Waals surface area contributed by atoms with Gasteiger partial charge in [0.25, 0.3) is 5.91 Å². The number of amides is 4. The van der Waals surface area contributed by atoms with E-state index in [0.717, 1.165) is 16.9 Å². The molecule has 1 heterocycles. The van der Waals surface area contributed by atoms with Gasteiger partial charge in [-0.25, -0.2) is 9.78 Å². The average Bonchev–Trinajstić information content (AvgIpc) is 3.31. The monoisotopic (exact) mass is 495 g/mol. The predicted octanol–water partition coefficient (Wildman–Crippen LogP) is 3.76. The number of carboxylic acid groups (broad SMARTS) is 1. The van der Waals surface area contributed by atoms with E-state index < -0.39 is 23.9 Å². The van der Waals surface area contributed by atoms with Crippen LogP contribution in [0.1, 0.15) is 47.4 Å². The molecule has 0 saturated heterocycles. The van der Waals surface area contributed by atoms with E-state index >= 15 is 0 Å². The summed E-state index contributed by atoms with van der Waals surface area (Å²) in [5.41, 5.74) is 2.16. The number of carbonyl (C=O) groups is 4. The van der Waals surface area contributed by atoms with Gasteiger partial charge < -0.3 is 21.1 Å². The first-order chi connectivity index (χ1) is 16.8. The van der Waals surface area contributed by atoms with Crippen molar-refractivity contribution in [3.8, 4) is 0 Å². The fraction of sp³-hybridized carbons (Fsp3) is 0.208. The van der Waals surface area contributed by atoms with Crippen LogP contribution in [-0.2, 0) is 16.1 Å². The molecule has 1 unspecified atom stereocenters. The van der Waals surface area contributed by atoms with Crippen molar-refractivity contribution in [1.82, 2.24) is 15.6 Å². The standard InChI is InChI=1S/C24H25N5O5S/c1-2-20(30)27-18(12-21(31)32)16-8-10-17(11-9-16)26-22(33)19-14-35-24(28-19)29-23(34)25-13-15-6-4-3-5-7-15/h3-11,14,18H,2,12-13H2,1H3,(H,26,33)(H,27,30)(H,31,32)(H2,25,28,29,34). The molecular formula is C24H25N5O5S. The molecule has 1 aromatic heterocycles. The van der Waals surface area contributed by atoms with E-state index in [0.29, 0.717) is 17.8 Å². The number of aromatic nitrogens is 1. The van der Waals surface area contributed by atoms with Gasteiger partial charge in [0.2, 0.25) is 5.91 Å². The number of urea groups is 1. The molecule has 0 aliphatic rings. The number of hydrogen-bond donors (Lipinski definition) is 5. The summed E-state index contributed by atoms with van der Waals surface area (Å²) in [6, 6.07) is 14.9. The third-order valence-corrected chi connectivity index (χ3v) is 5.62. The Morgan fingerprint density at radius 3 is 2.37 bits per heavy atom. The summed E-state index contributed by atoms with van der Waals surface area (Å²) in [6.07, 6.45) is -0.0194. The number of thiazole rings is 1. The molecule has 182 valence electrons. The van der Waals surface area contributed by atoms with Crippen LogP contribution >= 0.6 is 11.3 Å². The average molecular weight is 496 g/mol. The van der Waals surface area contributed by atoms with Crippen LogP contribution in [0.3, 0.4) is 0 Å². The second kappa shape index (κ2) is 12.3. The van der Waals surface area contributed by atoms with Crippen molar-refractivity contribution >= 4 is 46.0 Å². The fourth-order valence-electron chi connectivity index (χ4n) is 3.07. The van der Waals surface area contributed by atoms with Crippen molar-refractivity contribution in [2.45, 2.75) is 32.4 Å². The molecule has 0 aliphatic carbocycles. The Morgan fingerprint density at radius 2 is 1.71 bits per heavy atom. The third-order valence-electron chi connectivity index (χ3n) is 4.86. The first-order valence-electron chi connectivity index (χ1n) is 10.8. The lowest BCUT2D eigenvalue weighted by Gasteiger charge is -2.17. The highest BCUT2D eigenvalue weighted by molar-refractivity contribution is 7.14. The zero-order valence-corrected chi connectivity index (χ0v) is 19.7. The van der Waals surface area contributed by atoms with Gasteiger partial charge in [0, 0.05) is 24.0 Å². The van der Waals surface area contributed by atoms with Crippen molar-refractivity contribution in [2.24, 2.45) is 0 Å². The molecule has 11 heteroatoms. The number of nitrogens with one attached hydrogen (secondary N) is 4. The van der Waals surface area contributed by atoms with Gasteiger partial charge in [-0.1, -0.05) is 49.4 Å². The Hall–Kier alpha value is -4.25. The summed E-state index contributed by atoms with van der Waals surface area (Å²) in [7, 11) is 0. The summed E-state index contributed by atoms with van der Waals surface area (Å²) in [5, 5.41) is 21.6. The van der Waals surface area contributed by atoms with E-state index in [1.54, 1.807) is 31.2 Å². The molecule has 10 nitrogen and oxygen atoms in total. The summed E-state index contributed by atoms with van der Waals surface area (Å²) in [5.74, 6) is -1.76. The Morgan fingerprint density at radius 1 is 1.00 bits per heavy atom. The number of aliphatic carboxylic acids is 1. The van der Waals surface area contributed by atoms with Crippen LogP contribution in [0.15, 0.2) is 60.0 Å². The van der Waals surface area contributed by atoms with Gasteiger partial charge in [-0.3, -0.25) is 19.7 Å².